The van der Waals surface area contributed by atoms with E-state index in [1.807, 2.05) is 0 Å². The molecule has 2 N–H and O–H groups in total. The fourth-order valence-corrected chi connectivity index (χ4v) is 6.06. The fraction of sp³-hybridized carbons (Fsp3) is 0.214. The number of hydrogen-bond donors (Lipinski definition) is 1. The average molecular weight is 570 g/mol. The number of hydrogen-bond acceptors (Lipinski definition) is 7. The lowest BCUT2D eigenvalue weighted by Gasteiger charge is -2.26. The molecule has 1 aliphatic heterocycles. The number of rotatable bonds is 8. The lowest BCUT2D eigenvalue weighted by Crippen LogP contribution is -2.40. The van der Waals surface area contributed by atoms with E-state index in [0.717, 1.165) is 11.6 Å². The molecule has 0 unspecified atom stereocenters. The third-order valence-electron chi connectivity index (χ3n) is 6.36. The van der Waals surface area contributed by atoms with Crippen molar-refractivity contribution < 1.29 is 26.8 Å². The first-order valence-electron chi connectivity index (χ1n) is 12.2. The monoisotopic (exact) mass is 569 g/mol. The highest BCUT2D eigenvalue weighted by Crippen LogP contribution is 2.35. The maximum Gasteiger partial charge on any atom is 0.246 e. The fourth-order valence-electron chi connectivity index (χ4n) is 4.29. The minimum atomic E-state index is -4.03. The lowest BCUT2D eigenvalue weighted by molar-refractivity contribution is -0.114. The molecule has 39 heavy (non-hydrogen) atoms. The second-order valence-electron chi connectivity index (χ2n) is 9.07. The molecule has 2 aromatic carbocycles. The number of carbonyl (C=O) groups is 1. The Kier molecular flexibility index (Phi) is 7.81. The van der Waals surface area contributed by atoms with E-state index in [9.17, 15) is 17.6 Å². The Labute approximate surface area is 229 Å². The summed E-state index contributed by atoms with van der Waals surface area (Å²) in [6.07, 6.45) is 5.33. The normalized spacial score (nSPS) is 14.8. The molecule has 0 spiro atoms. The first-order valence-corrected chi connectivity index (χ1v) is 14.0. The van der Waals surface area contributed by atoms with Crippen LogP contribution in [0, 0.1) is 5.82 Å². The van der Waals surface area contributed by atoms with E-state index in [1.54, 1.807) is 42.6 Å². The first-order chi connectivity index (χ1) is 18.7. The number of sulfonamides is 1. The van der Waals surface area contributed by atoms with E-state index < -0.39 is 20.7 Å². The Morgan fingerprint density at radius 2 is 1.90 bits per heavy atom. The number of nitrogen functional groups attached to an aromatic ring is 1. The average Bonchev–Trinajstić information content (AvgIpc) is 3.36. The number of aryl methyl sites for hydroxylation is 1. The number of ketones is 1. The number of anilines is 1. The smallest absolute Gasteiger partial charge is 0.246 e. The van der Waals surface area contributed by atoms with Gasteiger partial charge in [-0.05, 0) is 71.3 Å². The highest BCUT2D eigenvalue weighted by Gasteiger charge is 2.29. The summed E-state index contributed by atoms with van der Waals surface area (Å²) in [6, 6.07) is 12.6. The van der Waals surface area contributed by atoms with Gasteiger partial charge in [0.1, 0.15) is 22.3 Å². The van der Waals surface area contributed by atoms with Crippen LogP contribution in [-0.4, -0.2) is 49.8 Å². The minimum absolute atomic E-state index is 0.0839. The van der Waals surface area contributed by atoms with Gasteiger partial charge < -0.3 is 14.9 Å². The van der Waals surface area contributed by atoms with Crippen LogP contribution in [0.4, 0.5) is 10.2 Å². The molecular weight excluding hydrogens is 545 g/mol. The topological polar surface area (TPSA) is 116 Å². The summed E-state index contributed by atoms with van der Waals surface area (Å²) in [6.45, 7) is 0.853. The first kappa shape index (κ1) is 27.0. The number of fused-ring (bicyclic) bond motifs is 1. The number of aromatic nitrogens is 1. The molecule has 1 saturated heterocycles. The van der Waals surface area contributed by atoms with E-state index >= 15 is 0 Å². The maximum absolute atomic E-state index is 14.7. The van der Waals surface area contributed by atoms with Gasteiger partial charge in [0.2, 0.25) is 10.0 Å². The second kappa shape index (κ2) is 11.3. The van der Waals surface area contributed by atoms with Crippen molar-refractivity contribution in [1.29, 1.82) is 0 Å². The van der Waals surface area contributed by atoms with Gasteiger partial charge in [-0.15, -0.1) is 0 Å². The highest BCUT2D eigenvalue weighted by molar-refractivity contribution is 7.89. The maximum atomic E-state index is 14.7. The molecule has 2 aromatic heterocycles. The number of allylic oxidation sites excluding steroid dienone is 1. The van der Waals surface area contributed by atoms with Crippen molar-refractivity contribution in [3.63, 3.8) is 0 Å². The predicted octanol–water partition coefficient (Wildman–Crippen LogP) is 5.11. The molecule has 1 aliphatic rings. The van der Waals surface area contributed by atoms with Crippen molar-refractivity contribution in [2.45, 2.75) is 17.7 Å². The summed E-state index contributed by atoms with van der Waals surface area (Å²) in [4.78, 5) is 15.9. The van der Waals surface area contributed by atoms with E-state index in [1.165, 1.54) is 22.5 Å². The van der Waals surface area contributed by atoms with Gasteiger partial charge >= 0.3 is 0 Å². The summed E-state index contributed by atoms with van der Waals surface area (Å²) >= 11 is 6.50. The summed E-state index contributed by atoms with van der Waals surface area (Å²) < 4.78 is 53.2. The van der Waals surface area contributed by atoms with Crippen molar-refractivity contribution in [3.8, 4) is 11.1 Å². The van der Waals surface area contributed by atoms with Crippen LogP contribution in [0.3, 0.4) is 0 Å². The summed E-state index contributed by atoms with van der Waals surface area (Å²) in [5, 5.41) is 1.00. The number of halogens is 2. The van der Waals surface area contributed by atoms with Crippen LogP contribution < -0.4 is 5.73 Å². The quantitative estimate of drug-likeness (QED) is 0.293. The van der Waals surface area contributed by atoms with E-state index in [2.05, 4.69) is 4.98 Å². The standard InChI is InChI=1S/C28H25ClFN3O5S/c29-24-15-20(19-3-7-25(30)26(16-19)39(35,36)33-9-11-37-12-10-33)13-21-14-23(38-28(21)24)6-5-22(34)4-1-18-2-8-27(31)32-17-18/h1-4,7-8,13-17H,5-6,9-12H2,(H2,31,32)/b4-1+. The van der Waals surface area contributed by atoms with Gasteiger partial charge in [-0.25, -0.2) is 17.8 Å². The van der Waals surface area contributed by atoms with Crippen LogP contribution in [0.1, 0.15) is 17.7 Å². The van der Waals surface area contributed by atoms with Crippen LogP contribution in [0.5, 0.6) is 0 Å². The Morgan fingerprint density at radius 1 is 1.10 bits per heavy atom. The third kappa shape index (κ3) is 6.04. The van der Waals surface area contributed by atoms with E-state index in [-0.39, 0.29) is 38.5 Å². The zero-order chi connectivity index (χ0) is 27.6. The summed E-state index contributed by atoms with van der Waals surface area (Å²) in [5.41, 5.74) is 7.89. The number of ether oxygens (including phenoxy) is 1. The molecule has 3 heterocycles. The lowest BCUT2D eigenvalue weighted by atomic mass is 10.0. The number of carbonyl (C=O) groups excluding carboxylic acids is 1. The molecule has 0 radical (unpaired) electrons. The van der Waals surface area contributed by atoms with Crippen molar-refractivity contribution in [2.24, 2.45) is 0 Å². The molecule has 0 aliphatic carbocycles. The van der Waals surface area contributed by atoms with Crippen LogP contribution in [0.25, 0.3) is 28.2 Å². The summed E-state index contributed by atoms with van der Waals surface area (Å²) in [7, 11) is -4.03. The van der Waals surface area contributed by atoms with Gasteiger partial charge in [-0.2, -0.15) is 4.31 Å². The molecule has 0 saturated carbocycles. The van der Waals surface area contributed by atoms with Crippen molar-refractivity contribution in [1.82, 2.24) is 9.29 Å². The van der Waals surface area contributed by atoms with E-state index in [0.29, 0.717) is 45.1 Å². The molecule has 202 valence electrons. The van der Waals surface area contributed by atoms with Crippen LogP contribution >= 0.6 is 11.6 Å². The Hall–Kier alpha value is -3.57. The third-order valence-corrected chi connectivity index (χ3v) is 8.56. The Morgan fingerprint density at radius 3 is 2.64 bits per heavy atom. The zero-order valence-corrected chi connectivity index (χ0v) is 22.3. The number of nitrogens with two attached hydrogens (primary N) is 1. The molecule has 5 rings (SSSR count). The second-order valence-corrected chi connectivity index (χ2v) is 11.4. The SMILES string of the molecule is Nc1ccc(/C=C/C(=O)CCc2cc3cc(-c4ccc(F)c(S(=O)(=O)N5CCOCC5)c4)cc(Cl)c3o2)cn1. The van der Waals surface area contributed by atoms with Gasteiger partial charge in [0.05, 0.1) is 18.2 Å². The van der Waals surface area contributed by atoms with Gasteiger partial charge in [0.15, 0.2) is 11.4 Å². The number of benzene rings is 2. The molecular formula is C28H25ClFN3O5S. The molecule has 1 fully saturated rings. The van der Waals surface area contributed by atoms with Crippen molar-refractivity contribution >= 4 is 50.3 Å². The van der Waals surface area contributed by atoms with Crippen LogP contribution in [0.15, 0.2) is 70.1 Å². The summed E-state index contributed by atoms with van der Waals surface area (Å²) in [5.74, 6) is 0.0755. The number of morpholine rings is 1. The van der Waals surface area contributed by atoms with Crippen LogP contribution in [0.2, 0.25) is 5.02 Å². The van der Waals surface area contributed by atoms with Crippen LogP contribution in [-0.2, 0) is 26.0 Å². The van der Waals surface area contributed by atoms with Crippen molar-refractivity contribution in [3.05, 3.63) is 83.0 Å². The number of nitrogens with zero attached hydrogens (tertiary/aromatic N) is 2. The Balaban J connectivity index is 1.35. The van der Waals surface area contributed by atoms with E-state index in [4.69, 9.17) is 26.5 Å². The molecule has 11 heteroatoms. The molecule has 8 nitrogen and oxygen atoms in total. The van der Waals surface area contributed by atoms with Gasteiger partial charge in [-0.1, -0.05) is 17.7 Å². The highest BCUT2D eigenvalue weighted by atomic mass is 35.5. The molecule has 0 atom stereocenters. The Bertz CT molecular complexity index is 1660. The van der Waals surface area contributed by atoms with Gasteiger partial charge in [-0.3, -0.25) is 4.79 Å². The number of furan rings is 1. The van der Waals surface area contributed by atoms with Gasteiger partial charge in [0.25, 0.3) is 0 Å². The zero-order valence-electron chi connectivity index (χ0n) is 20.8. The molecule has 4 aromatic rings. The van der Waals surface area contributed by atoms with Gasteiger partial charge in [0, 0.05) is 37.5 Å². The molecule has 0 bridgehead atoms. The number of pyridine rings is 1. The molecule has 0 amide bonds. The predicted molar refractivity (Wildman–Crippen MR) is 147 cm³/mol. The van der Waals surface area contributed by atoms with Crippen molar-refractivity contribution in [2.75, 3.05) is 32.0 Å². The largest absolute Gasteiger partial charge is 0.459 e. The minimum Gasteiger partial charge on any atom is -0.459 e.